The van der Waals surface area contributed by atoms with Crippen LogP contribution >= 0.6 is 0 Å². The number of hydrogen-bond donors (Lipinski definition) is 0. The lowest BCUT2D eigenvalue weighted by Crippen LogP contribution is -1.96. The molecule has 0 N–H and O–H groups in total. The van der Waals surface area contributed by atoms with Crippen LogP contribution in [0.2, 0.25) is 0 Å². The van der Waals surface area contributed by atoms with Crippen LogP contribution in [0.5, 0.6) is 11.5 Å². The van der Waals surface area contributed by atoms with Gasteiger partial charge in [-0.3, -0.25) is 9.97 Å². The van der Waals surface area contributed by atoms with Crippen LogP contribution in [0, 0.1) is 25.2 Å². The van der Waals surface area contributed by atoms with E-state index in [2.05, 4.69) is 16.0 Å². The van der Waals surface area contributed by atoms with Gasteiger partial charge in [0.1, 0.15) is 23.1 Å². The third-order valence-electron chi connectivity index (χ3n) is 2.27. The van der Waals surface area contributed by atoms with Crippen molar-refractivity contribution in [2.45, 2.75) is 13.8 Å². The van der Waals surface area contributed by atoms with E-state index in [4.69, 9.17) is 10.00 Å². The highest BCUT2D eigenvalue weighted by Crippen LogP contribution is 2.26. The average molecular weight is 225 g/mol. The summed E-state index contributed by atoms with van der Waals surface area (Å²) in [5.41, 5.74) is 1.95. The molecule has 4 heteroatoms. The van der Waals surface area contributed by atoms with Gasteiger partial charge < -0.3 is 4.74 Å². The summed E-state index contributed by atoms with van der Waals surface area (Å²) in [7, 11) is 0. The Morgan fingerprint density at radius 2 is 2.18 bits per heavy atom. The average Bonchev–Trinajstić information content (AvgIpc) is 2.30. The van der Waals surface area contributed by atoms with Crippen molar-refractivity contribution >= 4 is 0 Å². The van der Waals surface area contributed by atoms with Crippen LogP contribution < -0.4 is 4.74 Å². The lowest BCUT2D eigenvalue weighted by atomic mass is 10.2. The molecular formula is C13H11N3O. The van der Waals surface area contributed by atoms with E-state index in [1.165, 1.54) is 0 Å². The highest BCUT2D eigenvalue weighted by Gasteiger charge is 2.10. The molecule has 2 rings (SSSR count). The fourth-order valence-corrected chi connectivity index (χ4v) is 1.54. The Hall–Kier alpha value is -2.41. The number of ether oxygens (including phenoxy) is 1. The van der Waals surface area contributed by atoms with Crippen LogP contribution in [0.1, 0.15) is 17.0 Å². The van der Waals surface area contributed by atoms with Crippen LogP contribution in [0.25, 0.3) is 0 Å². The molecule has 0 amide bonds. The predicted octanol–water partition coefficient (Wildman–Crippen LogP) is 2.76. The van der Waals surface area contributed by atoms with Gasteiger partial charge in [0.15, 0.2) is 0 Å². The van der Waals surface area contributed by atoms with Crippen molar-refractivity contribution in [2.24, 2.45) is 0 Å². The minimum Gasteiger partial charge on any atom is -0.454 e. The molecule has 0 radical (unpaired) electrons. The van der Waals surface area contributed by atoms with Crippen LogP contribution in [-0.2, 0) is 0 Å². The third kappa shape index (κ3) is 2.40. The first-order chi connectivity index (χ1) is 8.20. The van der Waals surface area contributed by atoms with E-state index >= 15 is 0 Å². The maximum absolute atomic E-state index is 9.08. The normalized spacial score (nSPS) is 9.71. The van der Waals surface area contributed by atoms with Gasteiger partial charge in [0, 0.05) is 18.0 Å². The fraction of sp³-hybridized carbons (Fsp3) is 0.154. The van der Waals surface area contributed by atoms with Crippen molar-refractivity contribution in [1.82, 2.24) is 9.97 Å². The molecule has 84 valence electrons. The number of rotatable bonds is 2. The van der Waals surface area contributed by atoms with Gasteiger partial charge >= 0.3 is 0 Å². The Morgan fingerprint density at radius 3 is 2.82 bits per heavy atom. The zero-order valence-electron chi connectivity index (χ0n) is 9.64. The molecule has 17 heavy (non-hydrogen) atoms. The molecule has 0 aliphatic rings. The molecule has 0 saturated carbocycles. The van der Waals surface area contributed by atoms with Crippen molar-refractivity contribution in [1.29, 1.82) is 5.26 Å². The monoisotopic (exact) mass is 225 g/mol. The molecular weight excluding hydrogens is 214 g/mol. The second-order valence-electron chi connectivity index (χ2n) is 3.62. The first-order valence-corrected chi connectivity index (χ1v) is 5.17. The number of aromatic nitrogens is 2. The van der Waals surface area contributed by atoms with E-state index in [1.807, 2.05) is 6.92 Å². The van der Waals surface area contributed by atoms with Crippen molar-refractivity contribution in [3.63, 3.8) is 0 Å². The molecule has 0 atom stereocenters. The Bertz CT molecular complexity index is 573. The summed E-state index contributed by atoms with van der Waals surface area (Å²) >= 11 is 0. The molecule has 4 nitrogen and oxygen atoms in total. The number of nitrogens with zero attached hydrogens (tertiary/aromatic N) is 3. The molecule has 0 spiro atoms. The van der Waals surface area contributed by atoms with E-state index in [0.717, 1.165) is 5.69 Å². The SMILES string of the molecule is Cc1cc(Oc2cccnc2)c(C#N)c(C)n1. The van der Waals surface area contributed by atoms with E-state index in [9.17, 15) is 0 Å². The second kappa shape index (κ2) is 4.62. The van der Waals surface area contributed by atoms with Crippen molar-refractivity contribution in [2.75, 3.05) is 0 Å². The zero-order valence-corrected chi connectivity index (χ0v) is 9.64. The van der Waals surface area contributed by atoms with Gasteiger partial charge in [0.25, 0.3) is 0 Å². The van der Waals surface area contributed by atoms with Gasteiger partial charge in [-0.2, -0.15) is 5.26 Å². The van der Waals surface area contributed by atoms with Gasteiger partial charge in [-0.25, -0.2) is 0 Å². The first-order valence-electron chi connectivity index (χ1n) is 5.17. The summed E-state index contributed by atoms with van der Waals surface area (Å²) in [4.78, 5) is 8.19. The van der Waals surface area contributed by atoms with E-state index in [1.54, 1.807) is 37.5 Å². The Kier molecular flexibility index (Phi) is 3.01. The van der Waals surface area contributed by atoms with Crippen LogP contribution in [0.4, 0.5) is 0 Å². The van der Waals surface area contributed by atoms with E-state index in [0.29, 0.717) is 22.8 Å². The molecule has 0 aliphatic heterocycles. The highest BCUT2D eigenvalue weighted by atomic mass is 16.5. The minimum atomic E-state index is 0.458. The molecule has 0 aromatic carbocycles. The molecule has 2 heterocycles. The summed E-state index contributed by atoms with van der Waals surface area (Å²) in [6.45, 7) is 3.66. The van der Waals surface area contributed by atoms with E-state index < -0.39 is 0 Å². The van der Waals surface area contributed by atoms with Gasteiger partial charge in [-0.05, 0) is 26.0 Å². The fourth-order valence-electron chi connectivity index (χ4n) is 1.54. The molecule has 2 aromatic rings. The molecule has 2 aromatic heterocycles. The maximum Gasteiger partial charge on any atom is 0.148 e. The topological polar surface area (TPSA) is 58.8 Å². The molecule has 0 unspecified atom stereocenters. The highest BCUT2D eigenvalue weighted by molar-refractivity contribution is 5.48. The van der Waals surface area contributed by atoms with Crippen LogP contribution in [-0.4, -0.2) is 9.97 Å². The Balaban J connectivity index is 2.43. The minimum absolute atomic E-state index is 0.458. The Labute approximate surface area is 99.5 Å². The number of aryl methyl sites for hydroxylation is 2. The summed E-state index contributed by atoms with van der Waals surface area (Å²) in [5, 5.41) is 9.08. The molecule has 0 fully saturated rings. The van der Waals surface area contributed by atoms with Gasteiger partial charge in [0.05, 0.1) is 11.9 Å². The lowest BCUT2D eigenvalue weighted by Gasteiger charge is -2.09. The summed E-state index contributed by atoms with van der Waals surface area (Å²) in [6.07, 6.45) is 3.27. The largest absolute Gasteiger partial charge is 0.454 e. The second-order valence-corrected chi connectivity index (χ2v) is 3.62. The smallest absolute Gasteiger partial charge is 0.148 e. The van der Waals surface area contributed by atoms with Crippen molar-refractivity contribution in [3.05, 3.63) is 47.5 Å². The van der Waals surface area contributed by atoms with Crippen LogP contribution in [0.3, 0.4) is 0 Å². The van der Waals surface area contributed by atoms with Crippen molar-refractivity contribution in [3.8, 4) is 17.6 Å². The van der Waals surface area contributed by atoms with E-state index in [-0.39, 0.29) is 0 Å². The first kappa shape index (κ1) is 11.1. The zero-order chi connectivity index (χ0) is 12.3. The lowest BCUT2D eigenvalue weighted by molar-refractivity contribution is 0.476. The number of nitriles is 1. The quantitative estimate of drug-likeness (QED) is 0.788. The summed E-state index contributed by atoms with van der Waals surface area (Å²) in [6, 6.07) is 7.42. The molecule has 0 saturated heterocycles. The predicted molar refractivity (Wildman–Crippen MR) is 62.7 cm³/mol. The maximum atomic E-state index is 9.08. The summed E-state index contributed by atoms with van der Waals surface area (Å²) in [5.74, 6) is 1.12. The number of hydrogen-bond acceptors (Lipinski definition) is 4. The number of pyridine rings is 2. The molecule has 0 bridgehead atoms. The van der Waals surface area contributed by atoms with Gasteiger partial charge in [-0.15, -0.1) is 0 Å². The third-order valence-corrected chi connectivity index (χ3v) is 2.27. The van der Waals surface area contributed by atoms with Crippen LogP contribution in [0.15, 0.2) is 30.6 Å². The molecule has 0 aliphatic carbocycles. The standard InChI is InChI=1S/C13H11N3O/c1-9-6-13(12(7-14)10(2)16-9)17-11-4-3-5-15-8-11/h3-6,8H,1-2H3. The van der Waals surface area contributed by atoms with Gasteiger partial charge in [-0.1, -0.05) is 0 Å². The van der Waals surface area contributed by atoms with Crippen molar-refractivity contribution < 1.29 is 4.74 Å². The Morgan fingerprint density at radius 1 is 1.35 bits per heavy atom. The summed E-state index contributed by atoms with van der Waals surface area (Å²) < 4.78 is 5.64. The van der Waals surface area contributed by atoms with Gasteiger partial charge in [0.2, 0.25) is 0 Å².